The predicted octanol–water partition coefficient (Wildman–Crippen LogP) is 0.623. The summed E-state index contributed by atoms with van der Waals surface area (Å²) in [5.41, 5.74) is 17.1. The van der Waals surface area contributed by atoms with Crippen molar-refractivity contribution in [1.29, 1.82) is 0 Å². The minimum absolute atomic E-state index is 0.426. The van der Waals surface area contributed by atoms with Gasteiger partial charge in [0.25, 0.3) is 0 Å². The monoisotopic (exact) mass is 295 g/mol. The Morgan fingerprint density at radius 1 is 1.14 bits per heavy atom. The van der Waals surface area contributed by atoms with E-state index in [1.165, 1.54) is 4.80 Å². The standard InChI is InChI=1S/C13H13N9/c14-10-6-9(11-13(15-10)17-20-16-11)7-22-19-12(18-21-22)8-4-2-1-3-5-8/h1-6,16,20H,7H2,(H3,14,15,17). The minimum atomic E-state index is 0.426. The van der Waals surface area contributed by atoms with E-state index in [2.05, 4.69) is 36.8 Å². The molecule has 0 fully saturated rings. The highest BCUT2D eigenvalue weighted by atomic mass is 15.6. The summed E-state index contributed by atoms with van der Waals surface area (Å²) >= 11 is 0. The summed E-state index contributed by atoms with van der Waals surface area (Å²) < 4.78 is 0. The first-order chi connectivity index (χ1) is 10.8. The van der Waals surface area contributed by atoms with Crippen LogP contribution in [-0.2, 0) is 6.54 Å². The number of pyridine rings is 1. The van der Waals surface area contributed by atoms with Gasteiger partial charge in [-0.2, -0.15) is 4.80 Å². The lowest BCUT2D eigenvalue weighted by Crippen LogP contribution is -2.20. The van der Waals surface area contributed by atoms with Crippen LogP contribution in [0.3, 0.4) is 0 Å². The number of nitrogen functional groups attached to an aromatic ring is 1. The number of rotatable bonds is 3. The summed E-state index contributed by atoms with van der Waals surface area (Å²) in [4.78, 5) is 5.71. The van der Waals surface area contributed by atoms with E-state index in [0.717, 1.165) is 16.8 Å². The topological polar surface area (TPSA) is 119 Å². The fourth-order valence-electron chi connectivity index (χ4n) is 2.29. The van der Waals surface area contributed by atoms with Crippen molar-refractivity contribution < 1.29 is 0 Å². The zero-order valence-electron chi connectivity index (χ0n) is 11.5. The largest absolute Gasteiger partial charge is 0.384 e. The van der Waals surface area contributed by atoms with Crippen LogP contribution in [0.15, 0.2) is 36.4 Å². The van der Waals surface area contributed by atoms with E-state index in [1.807, 2.05) is 30.3 Å². The van der Waals surface area contributed by atoms with Gasteiger partial charge in [-0.3, -0.25) is 10.9 Å². The number of hydrogen-bond acceptors (Lipinski definition) is 8. The van der Waals surface area contributed by atoms with E-state index < -0.39 is 0 Å². The number of aromatic nitrogens is 5. The Morgan fingerprint density at radius 3 is 2.86 bits per heavy atom. The molecule has 0 amide bonds. The second kappa shape index (κ2) is 4.97. The third-order valence-corrected chi connectivity index (χ3v) is 3.29. The van der Waals surface area contributed by atoms with Gasteiger partial charge in [0.05, 0.1) is 12.2 Å². The van der Waals surface area contributed by atoms with E-state index in [4.69, 9.17) is 5.73 Å². The highest BCUT2D eigenvalue weighted by molar-refractivity contribution is 5.73. The molecule has 4 rings (SSSR count). The van der Waals surface area contributed by atoms with Crippen LogP contribution < -0.4 is 22.1 Å². The van der Waals surface area contributed by atoms with Crippen molar-refractivity contribution in [2.45, 2.75) is 6.54 Å². The zero-order chi connectivity index (χ0) is 14.9. The average Bonchev–Trinajstić information content (AvgIpc) is 3.17. The number of hydrazine groups is 2. The maximum absolute atomic E-state index is 5.81. The third-order valence-electron chi connectivity index (χ3n) is 3.29. The summed E-state index contributed by atoms with van der Waals surface area (Å²) in [7, 11) is 0. The Balaban J connectivity index is 1.64. The molecule has 2 aromatic heterocycles. The smallest absolute Gasteiger partial charge is 0.204 e. The van der Waals surface area contributed by atoms with Gasteiger partial charge in [0, 0.05) is 11.1 Å². The van der Waals surface area contributed by atoms with Crippen LogP contribution in [0.25, 0.3) is 11.4 Å². The van der Waals surface area contributed by atoms with Crippen LogP contribution in [0.1, 0.15) is 5.56 Å². The van der Waals surface area contributed by atoms with Gasteiger partial charge in [0.15, 0.2) is 5.82 Å². The fraction of sp³-hybridized carbons (Fsp3) is 0.0769. The van der Waals surface area contributed by atoms with Gasteiger partial charge < -0.3 is 5.73 Å². The Morgan fingerprint density at radius 2 is 2.00 bits per heavy atom. The number of nitrogens with one attached hydrogen (secondary N) is 3. The molecular formula is C13H13N9. The molecule has 110 valence electrons. The molecule has 0 saturated carbocycles. The highest BCUT2D eigenvalue weighted by Gasteiger charge is 2.17. The number of anilines is 3. The first-order valence-electron chi connectivity index (χ1n) is 6.69. The quantitative estimate of drug-likeness (QED) is 0.555. The summed E-state index contributed by atoms with van der Waals surface area (Å²) in [5.74, 6) is 1.66. The van der Waals surface area contributed by atoms with E-state index in [1.54, 1.807) is 6.07 Å². The van der Waals surface area contributed by atoms with Crippen LogP contribution >= 0.6 is 0 Å². The molecule has 0 unspecified atom stereocenters. The maximum atomic E-state index is 5.81. The Hall–Kier alpha value is -3.20. The van der Waals surface area contributed by atoms with Gasteiger partial charge in [-0.05, 0) is 11.3 Å². The Bertz CT molecular complexity index is 812. The molecule has 3 aromatic rings. The maximum Gasteiger partial charge on any atom is 0.204 e. The molecule has 9 heteroatoms. The normalized spacial score (nSPS) is 12.5. The van der Waals surface area contributed by atoms with Crippen molar-refractivity contribution in [1.82, 2.24) is 30.7 Å². The Labute approximate surface area is 125 Å². The second-order valence-electron chi connectivity index (χ2n) is 4.81. The van der Waals surface area contributed by atoms with Crippen molar-refractivity contribution in [2.24, 2.45) is 0 Å². The molecule has 1 aliphatic heterocycles. The summed E-state index contributed by atoms with van der Waals surface area (Å²) in [6, 6.07) is 11.5. The molecule has 9 nitrogen and oxygen atoms in total. The molecule has 1 aliphatic rings. The number of nitrogens with zero attached hydrogens (tertiary/aromatic N) is 5. The van der Waals surface area contributed by atoms with Crippen LogP contribution in [0.4, 0.5) is 17.3 Å². The number of fused-ring (bicyclic) bond motifs is 1. The summed E-state index contributed by atoms with van der Waals surface area (Å²) in [5, 5.41) is 12.6. The minimum Gasteiger partial charge on any atom is -0.384 e. The second-order valence-corrected chi connectivity index (χ2v) is 4.81. The average molecular weight is 295 g/mol. The van der Waals surface area contributed by atoms with Crippen LogP contribution in [-0.4, -0.2) is 25.2 Å². The van der Waals surface area contributed by atoms with Gasteiger partial charge >= 0.3 is 0 Å². The van der Waals surface area contributed by atoms with Gasteiger partial charge in [0.2, 0.25) is 5.82 Å². The molecule has 0 saturated heterocycles. The Kier molecular flexibility index (Phi) is 2.83. The molecule has 0 spiro atoms. The fourth-order valence-corrected chi connectivity index (χ4v) is 2.29. The number of tetrazole rings is 1. The van der Waals surface area contributed by atoms with E-state index in [0.29, 0.717) is 24.0 Å². The lowest BCUT2D eigenvalue weighted by Gasteiger charge is -2.06. The zero-order valence-corrected chi connectivity index (χ0v) is 11.5. The van der Waals surface area contributed by atoms with Crippen molar-refractivity contribution in [3.05, 3.63) is 42.0 Å². The first-order valence-corrected chi connectivity index (χ1v) is 6.69. The molecule has 5 N–H and O–H groups in total. The van der Waals surface area contributed by atoms with Crippen LogP contribution in [0, 0.1) is 0 Å². The van der Waals surface area contributed by atoms with E-state index >= 15 is 0 Å². The van der Waals surface area contributed by atoms with Gasteiger partial charge in [-0.25, -0.2) is 4.98 Å². The molecule has 0 aliphatic carbocycles. The molecule has 0 radical (unpaired) electrons. The molecule has 22 heavy (non-hydrogen) atoms. The first kappa shape index (κ1) is 12.5. The lowest BCUT2D eigenvalue weighted by atomic mass is 10.2. The molecular weight excluding hydrogens is 282 g/mol. The van der Waals surface area contributed by atoms with Gasteiger partial charge in [0.1, 0.15) is 5.82 Å². The number of benzene rings is 1. The molecule has 3 heterocycles. The van der Waals surface area contributed by atoms with Crippen molar-refractivity contribution in [3.63, 3.8) is 0 Å². The molecule has 0 atom stereocenters. The van der Waals surface area contributed by atoms with Gasteiger partial charge in [-0.1, -0.05) is 30.3 Å². The summed E-state index contributed by atoms with van der Waals surface area (Å²) in [6.45, 7) is 0.436. The highest BCUT2D eigenvalue weighted by Crippen LogP contribution is 2.28. The van der Waals surface area contributed by atoms with Crippen LogP contribution in [0.5, 0.6) is 0 Å². The summed E-state index contributed by atoms with van der Waals surface area (Å²) in [6.07, 6.45) is 0. The number of nitrogens with two attached hydrogens (primary N) is 1. The SMILES string of the molecule is Nc1cc(Cn2nnc(-c3ccccc3)n2)c2c(n1)NNN2. The van der Waals surface area contributed by atoms with Crippen molar-refractivity contribution in [2.75, 3.05) is 16.6 Å². The van der Waals surface area contributed by atoms with Crippen LogP contribution in [0.2, 0.25) is 0 Å². The van der Waals surface area contributed by atoms with E-state index in [-0.39, 0.29) is 0 Å². The molecule has 1 aromatic carbocycles. The number of hydrogen-bond donors (Lipinski definition) is 4. The van der Waals surface area contributed by atoms with Crippen molar-refractivity contribution >= 4 is 17.3 Å². The van der Waals surface area contributed by atoms with Gasteiger partial charge in [-0.15, -0.1) is 15.7 Å². The third kappa shape index (κ3) is 2.19. The van der Waals surface area contributed by atoms with Crippen molar-refractivity contribution in [3.8, 4) is 11.4 Å². The van der Waals surface area contributed by atoms with E-state index in [9.17, 15) is 0 Å². The predicted molar refractivity (Wildman–Crippen MR) is 81.4 cm³/mol. The lowest BCUT2D eigenvalue weighted by molar-refractivity contribution is 0.573. The molecule has 0 bridgehead atoms.